The van der Waals surface area contributed by atoms with Crippen LogP contribution in [0.2, 0.25) is 0 Å². The zero-order chi connectivity index (χ0) is 11.7. The molecule has 0 rings (SSSR count). The van der Waals surface area contributed by atoms with E-state index < -0.39 is 0 Å². The third kappa shape index (κ3) is 6.22. The van der Waals surface area contributed by atoms with E-state index >= 15 is 0 Å². The Morgan fingerprint density at radius 2 is 1.13 bits per heavy atom. The first-order chi connectivity index (χ1) is 7.10. The van der Waals surface area contributed by atoms with Crippen molar-refractivity contribution in [2.45, 2.75) is 86.0 Å². The Kier molecular flexibility index (Phi) is 8.19. The first-order valence-corrected chi connectivity index (χ1v) is 7.10. The minimum absolute atomic E-state index is 0.683. The van der Waals surface area contributed by atoms with E-state index in [4.69, 9.17) is 0 Å². The van der Waals surface area contributed by atoms with Gasteiger partial charge in [-0.1, -0.05) is 60.3 Å². The van der Waals surface area contributed by atoms with Gasteiger partial charge >= 0.3 is 0 Å². The van der Waals surface area contributed by atoms with Gasteiger partial charge in [0.15, 0.2) is 0 Å². The van der Waals surface area contributed by atoms with E-state index in [2.05, 4.69) is 34.6 Å². The van der Waals surface area contributed by atoms with Crippen LogP contribution in [0.4, 0.5) is 0 Å². The molecule has 0 aromatic carbocycles. The second-order valence-corrected chi connectivity index (χ2v) is 5.68. The molecule has 0 heterocycles. The highest BCUT2D eigenvalue weighted by molar-refractivity contribution is 4.78. The van der Waals surface area contributed by atoms with Crippen LogP contribution in [0.1, 0.15) is 86.0 Å². The molecule has 0 atom stereocenters. The van der Waals surface area contributed by atoms with E-state index in [0.717, 1.165) is 5.92 Å². The summed E-state index contributed by atoms with van der Waals surface area (Å²) < 4.78 is 0. The van der Waals surface area contributed by atoms with Gasteiger partial charge in [0.05, 0.1) is 0 Å². The zero-order valence-corrected chi connectivity index (χ0v) is 11.7. The average molecular weight is 212 g/mol. The first-order valence-electron chi connectivity index (χ1n) is 7.10. The fraction of sp³-hybridized carbons (Fsp3) is 1.00. The van der Waals surface area contributed by atoms with E-state index in [9.17, 15) is 0 Å². The number of hydrogen-bond acceptors (Lipinski definition) is 0. The van der Waals surface area contributed by atoms with Crippen LogP contribution in [0, 0.1) is 11.3 Å². The SMILES string of the molecule is CCCC(CCC)(CCC)CCC(C)C. The lowest BCUT2D eigenvalue weighted by atomic mass is 9.71. The van der Waals surface area contributed by atoms with Gasteiger partial charge in [-0.05, 0) is 37.0 Å². The monoisotopic (exact) mass is 212 g/mol. The maximum absolute atomic E-state index is 2.36. The maximum atomic E-state index is 2.36. The molecule has 0 fully saturated rings. The third-order valence-electron chi connectivity index (χ3n) is 3.59. The molecule has 0 N–H and O–H groups in total. The lowest BCUT2D eigenvalue weighted by Crippen LogP contribution is -2.21. The Morgan fingerprint density at radius 1 is 0.733 bits per heavy atom. The van der Waals surface area contributed by atoms with Crippen LogP contribution in [0.5, 0.6) is 0 Å². The lowest BCUT2D eigenvalue weighted by Gasteiger charge is -2.34. The zero-order valence-electron chi connectivity index (χ0n) is 11.7. The van der Waals surface area contributed by atoms with Crippen LogP contribution >= 0.6 is 0 Å². The molecular formula is C15H32. The van der Waals surface area contributed by atoms with Gasteiger partial charge in [-0.3, -0.25) is 0 Å². The molecule has 15 heavy (non-hydrogen) atoms. The molecule has 0 spiro atoms. The van der Waals surface area contributed by atoms with E-state index in [1.165, 1.54) is 51.4 Å². The average Bonchev–Trinajstić information content (AvgIpc) is 2.16. The first kappa shape index (κ1) is 15.0. The van der Waals surface area contributed by atoms with Crippen LogP contribution < -0.4 is 0 Å². The van der Waals surface area contributed by atoms with Gasteiger partial charge in [0.1, 0.15) is 0 Å². The molecule has 0 heteroatoms. The van der Waals surface area contributed by atoms with E-state index in [0.29, 0.717) is 5.41 Å². The van der Waals surface area contributed by atoms with Crippen LogP contribution in [0.15, 0.2) is 0 Å². The van der Waals surface area contributed by atoms with Crippen molar-refractivity contribution in [2.75, 3.05) is 0 Å². The van der Waals surface area contributed by atoms with Crippen molar-refractivity contribution in [3.05, 3.63) is 0 Å². The number of rotatable bonds is 9. The van der Waals surface area contributed by atoms with Crippen molar-refractivity contribution in [1.82, 2.24) is 0 Å². The summed E-state index contributed by atoms with van der Waals surface area (Å²) in [7, 11) is 0. The summed E-state index contributed by atoms with van der Waals surface area (Å²) in [6, 6.07) is 0. The largest absolute Gasteiger partial charge is 0.0654 e. The molecule has 0 unspecified atom stereocenters. The molecule has 0 radical (unpaired) electrons. The predicted octanol–water partition coefficient (Wildman–Crippen LogP) is 5.81. The molecule has 0 aliphatic carbocycles. The van der Waals surface area contributed by atoms with Crippen LogP contribution in [-0.2, 0) is 0 Å². The second kappa shape index (κ2) is 8.19. The van der Waals surface area contributed by atoms with Gasteiger partial charge in [-0.25, -0.2) is 0 Å². The molecule has 0 aliphatic heterocycles. The van der Waals surface area contributed by atoms with Gasteiger partial charge in [0, 0.05) is 0 Å². The van der Waals surface area contributed by atoms with Gasteiger partial charge in [-0.15, -0.1) is 0 Å². The minimum atomic E-state index is 0.683. The fourth-order valence-corrected chi connectivity index (χ4v) is 2.94. The van der Waals surface area contributed by atoms with Crippen molar-refractivity contribution in [1.29, 1.82) is 0 Å². The Hall–Kier alpha value is 0. The van der Waals surface area contributed by atoms with Crippen LogP contribution in [-0.4, -0.2) is 0 Å². The third-order valence-corrected chi connectivity index (χ3v) is 3.59. The fourth-order valence-electron chi connectivity index (χ4n) is 2.94. The molecule has 0 saturated carbocycles. The lowest BCUT2D eigenvalue weighted by molar-refractivity contribution is 0.179. The normalized spacial score (nSPS) is 12.4. The maximum Gasteiger partial charge on any atom is -0.0298 e. The summed E-state index contributed by atoms with van der Waals surface area (Å²) >= 11 is 0. The molecule has 0 nitrogen and oxygen atoms in total. The molecular weight excluding hydrogens is 180 g/mol. The molecule has 0 bridgehead atoms. The Bertz CT molecular complexity index is 118. The van der Waals surface area contributed by atoms with Gasteiger partial charge in [0.2, 0.25) is 0 Å². The van der Waals surface area contributed by atoms with E-state index in [-0.39, 0.29) is 0 Å². The van der Waals surface area contributed by atoms with Gasteiger partial charge in [0.25, 0.3) is 0 Å². The summed E-state index contributed by atoms with van der Waals surface area (Å²) in [6.07, 6.45) is 11.3. The van der Waals surface area contributed by atoms with Crippen molar-refractivity contribution < 1.29 is 0 Å². The van der Waals surface area contributed by atoms with E-state index in [1.807, 2.05) is 0 Å². The molecule has 92 valence electrons. The minimum Gasteiger partial charge on any atom is -0.0654 e. The molecule has 0 aromatic heterocycles. The second-order valence-electron chi connectivity index (χ2n) is 5.68. The van der Waals surface area contributed by atoms with Crippen molar-refractivity contribution in [3.8, 4) is 0 Å². The Balaban J connectivity index is 4.31. The summed E-state index contributed by atoms with van der Waals surface area (Å²) in [6.45, 7) is 11.7. The highest BCUT2D eigenvalue weighted by atomic mass is 14.3. The van der Waals surface area contributed by atoms with Crippen molar-refractivity contribution in [3.63, 3.8) is 0 Å². The van der Waals surface area contributed by atoms with Gasteiger partial charge < -0.3 is 0 Å². The van der Waals surface area contributed by atoms with Gasteiger partial charge in [-0.2, -0.15) is 0 Å². The van der Waals surface area contributed by atoms with Crippen LogP contribution in [0.3, 0.4) is 0 Å². The van der Waals surface area contributed by atoms with Crippen molar-refractivity contribution >= 4 is 0 Å². The molecule has 0 saturated heterocycles. The molecule has 0 amide bonds. The van der Waals surface area contributed by atoms with Crippen molar-refractivity contribution in [2.24, 2.45) is 11.3 Å². The predicted molar refractivity (Wildman–Crippen MR) is 71.2 cm³/mol. The Morgan fingerprint density at radius 3 is 1.40 bits per heavy atom. The molecule has 0 aliphatic rings. The topological polar surface area (TPSA) is 0 Å². The van der Waals surface area contributed by atoms with E-state index in [1.54, 1.807) is 0 Å². The summed E-state index contributed by atoms with van der Waals surface area (Å²) in [4.78, 5) is 0. The molecule has 0 aromatic rings. The summed E-state index contributed by atoms with van der Waals surface area (Å²) in [5, 5.41) is 0. The number of hydrogen-bond donors (Lipinski definition) is 0. The highest BCUT2D eigenvalue weighted by Gasteiger charge is 2.26. The smallest absolute Gasteiger partial charge is 0.0298 e. The Labute approximate surface area is 97.8 Å². The highest BCUT2D eigenvalue weighted by Crippen LogP contribution is 2.40. The summed E-state index contributed by atoms with van der Waals surface area (Å²) in [5.41, 5.74) is 0.683. The summed E-state index contributed by atoms with van der Waals surface area (Å²) in [5.74, 6) is 0.870. The standard InChI is InChI=1S/C15H32/c1-6-10-15(11-7-2,12-8-3)13-9-14(4)5/h14H,6-13H2,1-5H3. The van der Waals surface area contributed by atoms with Crippen LogP contribution in [0.25, 0.3) is 0 Å². The quantitative estimate of drug-likeness (QED) is 0.452.